The van der Waals surface area contributed by atoms with E-state index in [9.17, 15) is 4.79 Å². The fourth-order valence-electron chi connectivity index (χ4n) is 2.43. The number of hydrogen-bond acceptors (Lipinski definition) is 5. The predicted molar refractivity (Wildman–Crippen MR) is 90.0 cm³/mol. The highest BCUT2D eigenvalue weighted by Gasteiger charge is 2.22. The number of rotatable bonds is 3. The van der Waals surface area contributed by atoms with E-state index in [0.717, 1.165) is 42.6 Å². The molecule has 1 aromatic carbocycles. The highest BCUT2D eigenvalue weighted by Crippen LogP contribution is 2.24. The molecule has 1 aromatic heterocycles. The molecule has 6 heteroatoms. The number of nitrogens with one attached hydrogen (secondary N) is 1. The van der Waals surface area contributed by atoms with Crippen molar-refractivity contribution in [2.24, 2.45) is 0 Å². The summed E-state index contributed by atoms with van der Waals surface area (Å²) in [7, 11) is 2.08. The lowest BCUT2D eigenvalue weighted by Crippen LogP contribution is -2.47. The minimum Gasteiger partial charge on any atom is -0.335 e. The second-order valence-electron chi connectivity index (χ2n) is 5.57. The van der Waals surface area contributed by atoms with Gasteiger partial charge in [-0.2, -0.15) is 0 Å². The van der Waals surface area contributed by atoms with Crippen LogP contribution in [0.15, 0.2) is 29.6 Å². The van der Waals surface area contributed by atoms with Gasteiger partial charge in [-0.15, -0.1) is 11.3 Å². The van der Waals surface area contributed by atoms with Gasteiger partial charge in [-0.1, -0.05) is 18.2 Å². The monoisotopic (exact) mass is 316 g/mol. The number of carbonyl (C=O) groups is 1. The summed E-state index contributed by atoms with van der Waals surface area (Å²) in [5.74, 6) is 0.0298. The Bertz CT molecular complexity index is 662. The Kier molecular flexibility index (Phi) is 4.40. The van der Waals surface area contributed by atoms with Crippen molar-refractivity contribution in [2.75, 3.05) is 38.5 Å². The number of piperazine rings is 1. The van der Waals surface area contributed by atoms with Crippen molar-refractivity contribution in [3.8, 4) is 0 Å². The molecule has 0 radical (unpaired) electrons. The Labute approximate surface area is 134 Å². The maximum absolute atomic E-state index is 12.5. The van der Waals surface area contributed by atoms with Crippen LogP contribution in [-0.4, -0.2) is 53.9 Å². The van der Waals surface area contributed by atoms with E-state index in [1.54, 1.807) is 0 Å². The Morgan fingerprint density at radius 1 is 1.23 bits per heavy atom. The topological polar surface area (TPSA) is 48.5 Å². The van der Waals surface area contributed by atoms with E-state index in [0.29, 0.717) is 5.69 Å². The number of aryl methyl sites for hydroxylation is 1. The first-order valence-electron chi connectivity index (χ1n) is 7.39. The number of benzene rings is 1. The molecule has 1 saturated heterocycles. The van der Waals surface area contributed by atoms with Crippen molar-refractivity contribution >= 4 is 28.1 Å². The number of para-hydroxylation sites is 1. The fraction of sp³-hybridized carbons (Fsp3) is 0.375. The number of nitrogens with zero attached hydrogens (tertiary/aromatic N) is 3. The normalized spacial score (nSPS) is 15.8. The lowest BCUT2D eigenvalue weighted by atomic mass is 10.2. The lowest BCUT2D eigenvalue weighted by molar-refractivity contribution is 0.0659. The van der Waals surface area contributed by atoms with Gasteiger partial charge in [0.2, 0.25) is 0 Å². The molecule has 1 aliphatic heterocycles. The second kappa shape index (κ2) is 6.46. The molecule has 0 aliphatic carbocycles. The standard InChI is InChI=1S/C16H20N4OS/c1-12-5-3-4-6-13(12)17-16-18-14(11-22-16)15(21)20-9-7-19(2)8-10-20/h3-6,11H,7-10H2,1-2H3,(H,17,18). The summed E-state index contributed by atoms with van der Waals surface area (Å²) in [5.41, 5.74) is 2.71. The average Bonchev–Trinajstić information content (AvgIpc) is 2.98. The largest absolute Gasteiger partial charge is 0.335 e. The van der Waals surface area contributed by atoms with E-state index in [1.807, 2.05) is 41.5 Å². The fourth-order valence-corrected chi connectivity index (χ4v) is 3.13. The first kappa shape index (κ1) is 15.0. The van der Waals surface area contributed by atoms with E-state index in [4.69, 9.17) is 0 Å². The smallest absolute Gasteiger partial charge is 0.273 e. The van der Waals surface area contributed by atoms with Gasteiger partial charge in [0.15, 0.2) is 5.13 Å². The Balaban J connectivity index is 1.68. The van der Waals surface area contributed by atoms with Gasteiger partial charge >= 0.3 is 0 Å². The molecule has 2 aromatic rings. The Hall–Kier alpha value is -1.92. The predicted octanol–water partition coefficient (Wildman–Crippen LogP) is 2.58. The number of aromatic nitrogens is 1. The van der Waals surface area contributed by atoms with E-state index < -0.39 is 0 Å². The lowest BCUT2D eigenvalue weighted by Gasteiger charge is -2.31. The molecule has 1 amide bonds. The Morgan fingerprint density at radius 2 is 1.95 bits per heavy atom. The third-order valence-corrected chi connectivity index (χ3v) is 4.66. The number of anilines is 2. The molecule has 1 fully saturated rings. The number of carbonyl (C=O) groups excluding carboxylic acids is 1. The minimum absolute atomic E-state index is 0.0298. The summed E-state index contributed by atoms with van der Waals surface area (Å²) >= 11 is 1.47. The molecule has 0 bridgehead atoms. The number of amides is 1. The molecule has 22 heavy (non-hydrogen) atoms. The average molecular weight is 316 g/mol. The molecule has 1 N–H and O–H groups in total. The van der Waals surface area contributed by atoms with E-state index in [2.05, 4.69) is 22.2 Å². The van der Waals surface area contributed by atoms with Crippen LogP contribution in [0.25, 0.3) is 0 Å². The van der Waals surface area contributed by atoms with Crippen LogP contribution in [0.1, 0.15) is 16.1 Å². The van der Waals surface area contributed by atoms with Gasteiger partial charge in [-0.3, -0.25) is 4.79 Å². The van der Waals surface area contributed by atoms with Crippen molar-refractivity contribution < 1.29 is 4.79 Å². The second-order valence-corrected chi connectivity index (χ2v) is 6.43. The summed E-state index contributed by atoms with van der Waals surface area (Å²) in [4.78, 5) is 21.0. The number of hydrogen-bond donors (Lipinski definition) is 1. The van der Waals surface area contributed by atoms with Gasteiger partial charge in [0, 0.05) is 37.2 Å². The molecule has 0 saturated carbocycles. The van der Waals surface area contributed by atoms with Crippen LogP contribution >= 0.6 is 11.3 Å². The summed E-state index contributed by atoms with van der Waals surface area (Å²) < 4.78 is 0. The molecule has 2 heterocycles. The van der Waals surface area contributed by atoms with Crippen molar-refractivity contribution in [1.82, 2.24) is 14.8 Å². The van der Waals surface area contributed by atoms with Crippen LogP contribution < -0.4 is 5.32 Å². The van der Waals surface area contributed by atoms with Crippen LogP contribution in [0.5, 0.6) is 0 Å². The summed E-state index contributed by atoms with van der Waals surface area (Å²) in [6, 6.07) is 8.05. The van der Waals surface area contributed by atoms with Gasteiger partial charge < -0.3 is 15.1 Å². The van der Waals surface area contributed by atoms with E-state index >= 15 is 0 Å². The third kappa shape index (κ3) is 3.28. The highest BCUT2D eigenvalue weighted by molar-refractivity contribution is 7.14. The molecule has 3 rings (SSSR count). The van der Waals surface area contributed by atoms with Crippen LogP contribution in [0.3, 0.4) is 0 Å². The molecule has 0 atom stereocenters. The summed E-state index contributed by atoms with van der Waals surface area (Å²) in [6.45, 7) is 5.43. The molecular formula is C16H20N4OS. The molecule has 5 nitrogen and oxygen atoms in total. The number of likely N-dealkylation sites (N-methyl/N-ethyl adjacent to an activating group) is 1. The minimum atomic E-state index is 0.0298. The van der Waals surface area contributed by atoms with Crippen molar-refractivity contribution in [2.45, 2.75) is 6.92 Å². The first-order chi connectivity index (χ1) is 10.6. The zero-order valence-corrected chi connectivity index (χ0v) is 13.7. The van der Waals surface area contributed by atoms with Crippen molar-refractivity contribution in [1.29, 1.82) is 0 Å². The van der Waals surface area contributed by atoms with Gasteiger partial charge in [0.25, 0.3) is 5.91 Å². The van der Waals surface area contributed by atoms with Crippen LogP contribution in [0, 0.1) is 6.92 Å². The Morgan fingerprint density at radius 3 is 2.68 bits per heavy atom. The third-order valence-electron chi connectivity index (χ3n) is 3.90. The molecule has 0 spiro atoms. The quantitative estimate of drug-likeness (QED) is 0.945. The zero-order valence-electron chi connectivity index (χ0n) is 12.9. The molecule has 116 valence electrons. The molecular weight excluding hydrogens is 296 g/mol. The van der Waals surface area contributed by atoms with Crippen LogP contribution in [-0.2, 0) is 0 Å². The maximum Gasteiger partial charge on any atom is 0.273 e. The van der Waals surface area contributed by atoms with Gasteiger partial charge in [0.1, 0.15) is 5.69 Å². The first-order valence-corrected chi connectivity index (χ1v) is 8.27. The maximum atomic E-state index is 12.5. The van der Waals surface area contributed by atoms with Crippen LogP contribution in [0.4, 0.5) is 10.8 Å². The van der Waals surface area contributed by atoms with Gasteiger partial charge in [0.05, 0.1) is 0 Å². The van der Waals surface area contributed by atoms with E-state index in [1.165, 1.54) is 11.3 Å². The zero-order chi connectivity index (χ0) is 15.5. The number of thiazole rings is 1. The highest BCUT2D eigenvalue weighted by atomic mass is 32.1. The van der Waals surface area contributed by atoms with Crippen molar-refractivity contribution in [3.05, 3.63) is 40.9 Å². The van der Waals surface area contributed by atoms with E-state index in [-0.39, 0.29) is 5.91 Å². The van der Waals surface area contributed by atoms with Crippen LogP contribution in [0.2, 0.25) is 0 Å². The van der Waals surface area contributed by atoms with Gasteiger partial charge in [-0.05, 0) is 25.6 Å². The SMILES string of the molecule is Cc1ccccc1Nc1nc(C(=O)N2CCN(C)CC2)cs1. The summed E-state index contributed by atoms with van der Waals surface area (Å²) in [6.07, 6.45) is 0. The molecule has 0 unspecified atom stereocenters. The van der Waals surface area contributed by atoms with Gasteiger partial charge in [-0.25, -0.2) is 4.98 Å². The summed E-state index contributed by atoms with van der Waals surface area (Å²) in [5, 5.41) is 5.88. The van der Waals surface area contributed by atoms with Crippen molar-refractivity contribution in [3.63, 3.8) is 0 Å². The molecule has 1 aliphatic rings.